The molecule has 0 saturated heterocycles. The summed E-state index contributed by atoms with van der Waals surface area (Å²) in [5.74, 6) is 0. The second kappa shape index (κ2) is 8.43. The lowest BCUT2D eigenvalue weighted by molar-refractivity contribution is 0.669. The van der Waals surface area contributed by atoms with E-state index in [1.807, 2.05) is 34.8 Å². The predicted octanol–water partition coefficient (Wildman–Crippen LogP) is 11.8. The molecule has 188 valence electrons. The van der Waals surface area contributed by atoms with Gasteiger partial charge in [-0.25, -0.2) is 0 Å². The zero-order valence-corrected chi connectivity index (χ0v) is 22.9. The highest BCUT2D eigenvalue weighted by Gasteiger charge is 2.18. The smallest absolute Gasteiger partial charge is 0.137 e. The molecule has 0 radical (unpaired) electrons. The zero-order valence-electron chi connectivity index (χ0n) is 21.3. The van der Waals surface area contributed by atoms with Crippen LogP contribution in [0.1, 0.15) is 0 Å². The number of anilines is 3. The Morgan fingerprint density at radius 3 is 1.73 bits per heavy atom. The summed E-state index contributed by atoms with van der Waals surface area (Å²) in [6.07, 6.45) is 0. The Bertz CT molecular complexity index is 2290. The monoisotopic (exact) mass is 547 g/mol. The number of para-hydroxylation sites is 1. The van der Waals surface area contributed by atoms with Gasteiger partial charge in [-0.05, 0) is 60.7 Å². The van der Waals surface area contributed by atoms with Crippen molar-refractivity contribution in [1.82, 2.24) is 0 Å². The van der Waals surface area contributed by atoms with E-state index >= 15 is 0 Å². The van der Waals surface area contributed by atoms with E-state index < -0.39 is 0 Å². The Hall–Kier alpha value is -4.64. The standard InChI is InChI=1S/C36H21NOS2/c1-4-10-31-25(7-1)26-16-13-23(20-32(26)38-31)37(22-15-18-35-30(19-22)28-9-3-6-12-34(28)39-35)24-14-17-29-27-8-2-5-11-33(27)40-36(29)21-24/h1-21H. The fourth-order valence-electron chi connectivity index (χ4n) is 6.01. The Balaban J connectivity index is 1.30. The van der Waals surface area contributed by atoms with Gasteiger partial charge in [0.05, 0.1) is 0 Å². The van der Waals surface area contributed by atoms with Crippen molar-refractivity contribution in [2.45, 2.75) is 0 Å². The lowest BCUT2D eigenvalue weighted by Gasteiger charge is -2.25. The van der Waals surface area contributed by atoms with Gasteiger partial charge in [0.15, 0.2) is 0 Å². The van der Waals surface area contributed by atoms with Crippen molar-refractivity contribution in [3.8, 4) is 0 Å². The molecule has 3 heterocycles. The third-order valence-electron chi connectivity index (χ3n) is 7.86. The van der Waals surface area contributed by atoms with Gasteiger partial charge >= 0.3 is 0 Å². The van der Waals surface area contributed by atoms with Crippen LogP contribution in [0.2, 0.25) is 0 Å². The minimum atomic E-state index is 0.897. The Labute approximate surface area is 237 Å². The molecule has 0 saturated carbocycles. The van der Waals surface area contributed by atoms with E-state index in [0.29, 0.717) is 0 Å². The number of benzene rings is 6. The van der Waals surface area contributed by atoms with Gasteiger partial charge in [-0.1, -0.05) is 60.7 Å². The molecule has 0 aliphatic rings. The van der Waals surface area contributed by atoms with Crippen LogP contribution in [-0.2, 0) is 0 Å². The number of rotatable bonds is 3. The Kier molecular flexibility index (Phi) is 4.68. The van der Waals surface area contributed by atoms with Crippen LogP contribution in [0.5, 0.6) is 0 Å². The summed E-state index contributed by atoms with van der Waals surface area (Å²) in [6.45, 7) is 0. The number of fused-ring (bicyclic) bond motifs is 9. The van der Waals surface area contributed by atoms with Gasteiger partial charge in [-0.15, -0.1) is 22.7 Å². The van der Waals surface area contributed by atoms with E-state index in [4.69, 9.17) is 4.42 Å². The van der Waals surface area contributed by atoms with E-state index in [2.05, 4.69) is 120 Å². The first kappa shape index (κ1) is 22.2. The van der Waals surface area contributed by atoms with Gasteiger partial charge in [-0.2, -0.15) is 0 Å². The van der Waals surface area contributed by atoms with Gasteiger partial charge in [0.25, 0.3) is 0 Å². The highest BCUT2D eigenvalue weighted by atomic mass is 32.1. The van der Waals surface area contributed by atoms with Crippen LogP contribution >= 0.6 is 22.7 Å². The molecule has 0 atom stereocenters. The third-order valence-corrected chi connectivity index (χ3v) is 10.1. The van der Waals surface area contributed by atoms with Crippen LogP contribution in [0.3, 0.4) is 0 Å². The molecule has 6 aromatic carbocycles. The topological polar surface area (TPSA) is 16.4 Å². The maximum atomic E-state index is 6.32. The second-order valence-corrected chi connectivity index (χ2v) is 12.3. The van der Waals surface area contributed by atoms with Crippen LogP contribution in [0.15, 0.2) is 132 Å². The van der Waals surface area contributed by atoms with Crippen molar-refractivity contribution in [2.24, 2.45) is 0 Å². The van der Waals surface area contributed by atoms with Gasteiger partial charge < -0.3 is 9.32 Å². The molecule has 9 rings (SSSR count). The first-order valence-electron chi connectivity index (χ1n) is 13.3. The average molecular weight is 548 g/mol. The molecule has 0 N–H and O–H groups in total. The molecule has 0 aliphatic heterocycles. The van der Waals surface area contributed by atoms with Crippen LogP contribution < -0.4 is 4.90 Å². The fraction of sp³-hybridized carbons (Fsp3) is 0. The van der Waals surface area contributed by atoms with Crippen LogP contribution in [-0.4, -0.2) is 0 Å². The van der Waals surface area contributed by atoms with Gasteiger partial charge in [0, 0.05) is 74.2 Å². The summed E-state index contributed by atoms with van der Waals surface area (Å²) in [4.78, 5) is 2.36. The average Bonchev–Trinajstić information content (AvgIpc) is 3.67. The van der Waals surface area contributed by atoms with Crippen molar-refractivity contribution in [3.63, 3.8) is 0 Å². The van der Waals surface area contributed by atoms with E-state index in [1.54, 1.807) is 0 Å². The van der Waals surface area contributed by atoms with E-state index in [1.165, 1.54) is 40.3 Å². The van der Waals surface area contributed by atoms with Crippen LogP contribution in [0, 0.1) is 0 Å². The van der Waals surface area contributed by atoms with Gasteiger partial charge in [0.2, 0.25) is 0 Å². The number of hydrogen-bond acceptors (Lipinski definition) is 4. The lowest BCUT2D eigenvalue weighted by atomic mass is 10.1. The van der Waals surface area contributed by atoms with Crippen molar-refractivity contribution >= 4 is 102 Å². The number of nitrogens with zero attached hydrogens (tertiary/aromatic N) is 1. The van der Waals surface area contributed by atoms with E-state index in [-0.39, 0.29) is 0 Å². The summed E-state index contributed by atoms with van der Waals surface area (Å²) < 4.78 is 11.5. The largest absolute Gasteiger partial charge is 0.456 e. The minimum absolute atomic E-state index is 0.897. The van der Waals surface area contributed by atoms with Crippen molar-refractivity contribution in [3.05, 3.63) is 127 Å². The van der Waals surface area contributed by atoms with Crippen molar-refractivity contribution in [2.75, 3.05) is 4.90 Å². The first-order chi connectivity index (χ1) is 19.8. The number of hydrogen-bond donors (Lipinski definition) is 0. The maximum Gasteiger partial charge on any atom is 0.137 e. The van der Waals surface area contributed by atoms with E-state index in [0.717, 1.165) is 39.0 Å². The molecular weight excluding hydrogens is 527 g/mol. The molecule has 0 aliphatic carbocycles. The SMILES string of the molecule is c1ccc2c(c1)oc1cc(N(c3ccc4c(c3)sc3ccccc34)c3ccc4sc5ccccc5c4c3)ccc12. The normalized spacial score (nSPS) is 12.0. The number of furan rings is 1. The highest BCUT2D eigenvalue weighted by molar-refractivity contribution is 7.26. The Morgan fingerprint density at radius 1 is 0.375 bits per heavy atom. The summed E-state index contributed by atoms with van der Waals surface area (Å²) in [5, 5.41) is 7.49. The summed E-state index contributed by atoms with van der Waals surface area (Å²) in [5.41, 5.74) is 5.15. The molecule has 40 heavy (non-hydrogen) atoms. The molecule has 2 nitrogen and oxygen atoms in total. The lowest BCUT2D eigenvalue weighted by Crippen LogP contribution is -2.09. The summed E-state index contributed by atoms with van der Waals surface area (Å²) >= 11 is 3.70. The minimum Gasteiger partial charge on any atom is -0.456 e. The highest BCUT2D eigenvalue weighted by Crippen LogP contribution is 2.44. The molecule has 0 amide bonds. The summed E-state index contributed by atoms with van der Waals surface area (Å²) in [7, 11) is 0. The molecule has 0 unspecified atom stereocenters. The van der Waals surface area contributed by atoms with E-state index in [9.17, 15) is 0 Å². The molecule has 0 bridgehead atoms. The Morgan fingerprint density at radius 2 is 0.900 bits per heavy atom. The molecule has 9 aromatic rings. The predicted molar refractivity (Wildman–Crippen MR) is 174 cm³/mol. The quantitative estimate of drug-likeness (QED) is 0.219. The van der Waals surface area contributed by atoms with Crippen molar-refractivity contribution in [1.29, 1.82) is 0 Å². The molecule has 4 heteroatoms. The number of thiophene rings is 2. The van der Waals surface area contributed by atoms with Gasteiger partial charge in [-0.3, -0.25) is 0 Å². The molecule has 0 fully saturated rings. The van der Waals surface area contributed by atoms with Crippen molar-refractivity contribution < 1.29 is 4.42 Å². The first-order valence-corrected chi connectivity index (χ1v) is 15.0. The van der Waals surface area contributed by atoms with Crippen LogP contribution in [0.4, 0.5) is 17.1 Å². The fourth-order valence-corrected chi connectivity index (χ4v) is 8.23. The maximum absolute atomic E-state index is 6.32. The van der Waals surface area contributed by atoms with Crippen LogP contribution in [0.25, 0.3) is 62.3 Å². The zero-order chi connectivity index (χ0) is 26.2. The molecular formula is C36H21NOS2. The van der Waals surface area contributed by atoms with Gasteiger partial charge in [0.1, 0.15) is 11.2 Å². The molecule has 3 aromatic heterocycles. The second-order valence-electron chi connectivity index (χ2n) is 10.2. The third kappa shape index (κ3) is 3.27. The molecule has 0 spiro atoms. The summed E-state index contributed by atoms with van der Waals surface area (Å²) in [6, 6.07) is 45.9.